The predicted octanol–water partition coefficient (Wildman–Crippen LogP) is 1.70. The van der Waals surface area contributed by atoms with E-state index in [2.05, 4.69) is 15.6 Å². The zero-order valence-electron chi connectivity index (χ0n) is 21.8. The van der Waals surface area contributed by atoms with Crippen LogP contribution >= 0.6 is 0 Å². The van der Waals surface area contributed by atoms with Crippen molar-refractivity contribution in [2.24, 2.45) is 12.8 Å². The highest BCUT2D eigenvalue weighted by Gasteiger charge is 2.41. The second-order valence-corrected chi connectivity index (χ2v) is 10.3. The number of hydrogen-bond donors (Lipinski definition) is 2. The van der Waals surface area contributed by atoms with E-state index in [0.29, 0.717) is 19.5 Å². The molecule has 5 rings (SSSR count). The number of carbonyl (C=O) groups excluding carboxylic acids is 3. The fourth-order valence-corrected chi connectivity index (χ4v) is 5.54. The van der Waals surface area contributed by atoms with Gasteiger partial charge in [0.05, 0.1) is 11.6 Å². The lowest BCUT2D eigenvalue weighted by Gasteiger charge is -2.27. The average Bonchev–Trinajstić information content (AvgIpc) is 3.71. The number of hydrogen-bond acceptors (Lipinski definition) is 6. The lowest BCUT2D eigenvalue weighted by atomic mass is 9.96. The standard InChI is InChI=1S/C28H35N7O3/c1-33-24-11-9-19(15-23(24)31-32-33)17-30-27(37)25-16-21(20-7-3-2-4-8-20)18-35(25)28(38)22(29)10-12-26(36)34-13-5-6-14-34/h2-4,7-9,11,15,21-22,25H,5-6,10,12-14,16-18,29H2,1H3,(H,30,37). The van der Waals surface area contributed by atoms with E-state index in [1.165, 1.54) is 0 Å². The Bertz CT molecular complexity index is 1300. The number of nitrogens with two attached hydrogens (primary N) is 1. The highest BCUT2D eigenvalue weighted by Crippen LogP contribution is 2.32. The van der Waals surface area contributed by atoms with Crippen LogP contribution in [0.25, 0.3) is 11.0 Å². The van der Waals surface area contributed by atoms with Crippen LogP contribution in [-0.2, 0) is 28.0 Å². The molecule has 38 heavy (non-hydrogen) atoms. The average molecular weight is 518 g/mol. The second kappa shape index (κ2) is 11.3. The number of aromatic nitrogens is 3. The van der Waals surface area contributed by atoms with Crippen LogP contribution in [0.5, 0.6) is 0 Å². The van der Waals surface area contributed by atoms with E-state index in [4.69, 9.17) is 5.73 Å². The van der Waals surface area contributed by atoms with E-state index < -0.39 is 12.1 Å². The van der Waals surface area contributed by atoms with Crippen molar-refractivity contribution < 1.29 is 14.4 Å². The van der Waals surface area contributed by atoms with E-state index >= 15 is 0 Å². The van der Waals surface area contributed by atoms with Gasteiger partial charge in [0.2, 0.25) is 17.7 Å². The SMILES string of the molecule is Cn1nnc2cc(CNC(=O)C3CC(c4ccccc4)CN3C(=O)C(N)CCC(=O)N3CCCC3)ccc21. The number of nitrogens with zero attached hydrogens (tertiary/aromatic N) is 5. The molecule has 3 unspecified atom stereocenters. The van der Waals surface area contributed by atoms with Crippen molar-refractivity contribution in [1.82, 2.24) is 30.1 Å². The molecule has 3 aromatic rings. The Kier molecular flexibility index (Phi) is 7.69. The topological polar surface area (TPSA) is 126 Å². The summed E-state index contributed by atoms with van der Waals surface area (Å²) in [6, 6.07) is 14.2. The van der Waals surface area contributed by atoms with Gasteiger partial charge >= 0.3 is 0 Å². The van der Waals surface area contributed by atoms with Gasteiger partial charge in [0, 0.05) is 45.6 Å². The third kappa shape index (κ3) is 5.55. The molecule has 2 aromatic carbocycles. The quantitative estimate of drug-likeness (QED) is 0.468. The summed E-state index contributed by atoms with van der Waals surface area (Å²) in [7, 11) is 1.83. The summed E-state index contributed by atoms with van der Waals surface area (Å²) in [5.74, 6) is -0.413. The van der Waals surface area contributed by atoms with Crippen molar-refractivity contribution in [1.29, 1.82) is 0 Å². The first-order valence-corrected chi connectivity index (χ1v) is 13.4. The number of carbonyl (C=O) groups is 3. The lowest BCUT2D eigenvalue weighted by molar-refractivity contribution is -0.140. The zero-order chi connectivity index (χ0) is 26.6. The highest BCUT2D eigenvalue weighted by atomic mass is 16.2. The summed E-state index contributed by atoms with van der Waals surface area (Å²) in [4.78, 5) is 42.8. The van der Waals surface area contributed by atoms with Crippen LogP contribution in [0.15, 0.2) is 48.5 Å². The van der Waals surface area contributed by atoms with E-state index in [-0.39, 0.29) is 36.5 Å². The molecule has 0 spiro atoms. The van der Waals surface area contributed by atoms with Crippen molar-refractivity contribution >= 4 is 28.8 Å². The fourth-order valence-electron chi connectivity index (χ4n) is 5.54. The Hall–Kier alpha value is -3.79. The van der Waals surface area contributed by atoms with Crippen LogP contribution in [0.2, 0.25) is 0 Å². The number of nitrogens with one attached hydrogen (secondary N) is 1. The van der Waals surface area contributed by atoms with Gasteiger partial charge in [0.25, 0.3) is 0 Å². The van der Waals surface area contributed by atoms with E-state index in [1.807, 2.05) is 60.5 Å². The maximum absolute atomic E-state index is 13.5. The maximum Gasteiger partial charge on any atom is 0.243 e. The van der Waals surface area contributed by atoms with Gasteiger partial charge in [-0.2, -0.15) is 0 Å². The van der Waals surface area contributed by atoms with Gasteiger partial charge in [-0.3, -0.25) is 14.4 Å². The molecule has 3 N–H and O–H groups in total. The normalized spacial score (nSPS) is 20.2. The third-order valence-electron chi connectivity index (χ3n) is 7.74. The largest absolute Gasteiger partial charge is 0.350 e. The molecule has 200 valence electrons. The van der Waals surface area contributed by atoms with Gasteiger partial charge in [-0.25, -0.2) is 4.68 Å². The molecule has 0 saturated carbocycles. The molecule has 2 aliphatic rings. The first-order chi connectivity index (χ1) is 18.4. The lowest BCUT2D eigenvalue weighted by Crippen LogP contribution is -2.51. The van der Waals surface area contributed by atoms with Gasteiger partial charge in [-0.1, -0.05) is 41.6 Å². The van der Waals surface area contributed by atoms with Crippen LogP contribution in [0.3, 0.4) is 0 Å². The summed E-state index contributed by atoms with van der Waals surface area (Å²) in [6.07, 6.45) is 3.07. The minimum atomic E-state index is -0.828. The number of benzene rings is 2. The van der Waals surface area contributed by atoms with Crippen LogP contribution in [0, 0.1) is 0 Å². The van der Waals surface area contributed by atoms with Crippen molar-refractivity contribution in [2.75, 3.05) is 19.6 Å². The highest BCUT2D eigenvalue weighted by molar-refractivity contribution is 5.91. The van der Waals surface area contributed by atoms with Gasteiger partial charge < -0.3 is 20.9 Å². The predicted molar refractivity (Wildman–Crippen MR) is 143 cm³/mol. The van der Waals surface area contributed by atoms with Crippen molar-refractivity contribution in [3.05, 3.63) is 59.7 Å². The molecule has 2 fully saturated rings. The number of amides is 3. The van der Waals surface area contributed by atoms with E-state index in [1.54, 1.807) is 9.58 Å². The molecule has 10 heteroatoms. The molecule has 0 bridgehead atoms. The van der Waals surface area contributed by atoms with Crippen LogP contribution < -0.4 is 11.1 Å². The first-order valence-electron chi connectivity index (χ1n) is 13.4. The molecule has 1 aromatic heterocycles. The summed E-state index contributed by atoms with van der Waals surface area (Å²) in [6.45, 7) is 2.29. The van der Waals surface area contributed by atoms with Gasteiger partial charge in [-0.15, -0.1) is 5.10 Å². The minimum Gasteiger partial charge on any atom is -0.350 e. The zero-order valence-corrected chi connectivity index (χ0v) is 21.8. The van der Waals surface area contributed by atoms with E-state index in [9.17, 15) is 14.4 Å². The number of rotatable bonds is 8. The van der Waals surface area contributed by atoms with Crippen molar-refractivity contribution in [3.63, 3.8) is 0 Å². The molecule has 0 radical (unpaired) electrons. The Morgan fingerprint density at radius 2 is 1.87 bits per heavy atom. The molecule has 3 amide bonds. The van der Waals surface area contributed by atoms with Crippen molar-refractivity contribution in [2.45, 2.75) is 56.7 Å². The van der Waals surface area contributed by atoms with Gasteiger partial charge in [-0.05, 0) is 48.9 Å². The maximum atomic E-state index is 13.5. The van der Waals surface area contributed by atoms with Gasteiger partial charge in [0.1, 0.15) is 11.6 Å². The monoisotopic (exact) mass is 517 g/mol. The summed E-state index contributed by atoms with van der Waals surface area (Å²) in [5.41, 5.74) is 9.97. The summed E-state index contributed by atoms with van der Waals surface area (Å²) < 4.78 is 1.70. The Balaban J connectivity index is 1.26. The molecule has 2 aliphatic heterocycles. The summed E-state index contributed by atoms with van der Waals surface area (Å²) >= 11 is 0. The Morgan fingerprint density at radius 1 is 1.11 bits per heavy atom. The molecule has 2 saturated heterocycles. The fraction of sp³-hybridized carbons (Fsp3) is 0.464. The number of likely N-dealkylation sites (tertiary alicyclic amines) is 2. The minimum absolute atomic E-state index is 0.0327. The smallest absolute Gasteiger partial charge is 0.243 e. The van der Waals surface area contributed by atoms with Crippen molar-refractivity contribution in [3.8, 4) is 0 Å². The first kappa shape index (κ1) is 25.8. The molecule has 3 atom stereocenters. The van der Waals surface area contributed by atoms with E-state index in [0.717, 1.165) is 48.1 Å². The van der Waals surface area contributed by atoms with Crippen LogP contribution in [0.4, 0.5) is 0 Å². The van der Waals surface area contributed by atoms with Crippen LogP contribution in [-0.4, -0.2) is 74.2 Å². The molecule has 0 aliphatic carbocycles. The second-order valence-electron chi connectivity index (χ2n) is 10.3. The summed E-state index contributed by atoms with van der Waals surface area (Å²) in [5, 5.41) is 11.2. The molecule has 3 heterocycles. The molecule has 10 nitrogen and oxygen atoms in total. The number of aryl methyl sites for hydroxylation is 1. The third-order valence-corrected chi connectivity index (χ3v) is 7.74. The Labute approximate surface area is 222 Å². The molecular formula is C28H35N7O3. The Morgan fingerprint density at radius 3 is 2.63 bits per heavy atom. The molecular weight excluding hydrogens is 482 g/mol. The van der Waals surface area contributed by atoms with Crippen LogP contribution in [0.1, 0.15) is 49.1 Å². The van der Waals surface area contributed by atoms with Gasteiger partial charge in [0.15, 0.2) is 0 Å². The number of fused-ring (bicyclic) bond motifs is 1.